The molecule has 3 nitrogen and oxygen atoms in total. The van der Waals surface area contributed by atoms with Crippen LogP contribution in [-0.4, -0.2) is 29.7 Å². The van der Waals surface area contributed by atoms with Crippen LogP contribution in [0.5, 0.6) is 11.5 Å². The highest BCUT2D eigenvalue weighted by atomic mass is 79.9. The largest absolute Gasteiger partial charge is 0.503 e. The number of hydrogen-bond donors (Lipinski definition) is 1. The smallest absolute Gasteiger partial charge is 0.172 e. The number of benzene rings is 1. The molecular formula is C15H22BrNO2. The maximum Gasteiger partial charge on any atom is 0.172 e. The zero-order valence-electron chi connectivity index (χ0n) is 11.8. The second-order valence-corrected chi connectivity index (χ2v) is 6.43. The first-order valence-electron chi connectivity index (χ1n) is 6.80. The lowest BCUT2D eigenvalue weighted by Crippen LogP contribution is -2.39. The van der Waals surface area contributed by atoms with Gasteiger partial charge in [-0.3, -0.25) is 4.90 Å². The molecule has 0 amide bonds. The van der Waals surface area contributed by atoms with Crippen molar-refractivity contribution >= 4 is 15.9 Å². The molecule has 2 atom stereocenters. The lowest BCUT2D eigenvalue weighted by molar-refractivity contribution is 0.122. The van der Waals surface area contributed by atoms with Crippen LogP contribution in [0.1, 0.15) is 32.3 Å². The van der Waals surface area contributed by atoms with E-state index in [4.69, 9.17) is 4.74 Å². The molecule has 0 saturated carbocycles. The minimum absolute atomic E-state index is 0.173. The molecule has 0 aliphatic carbocycles. The normalized spacial score (nSPS) is 24.4. The van der Waals surface area contributed by atoms with Crippen molar-refractivity contribution in [2.75, 3.05) is 13.7 Å². The summed E-state index contributed by atoms with van der Waals surface area (Å²) >= 11 is 3.38. The topological polar surface area (TPSA) is 32.7 Å². The Hall–Kier alpha value is -0.740. The Balaban J connectivity index is 2.13. The monoisotopic (exact) mass is 327 g/mol. The molecule has 0 radical (unpaired) electrons. The zero-order chi connectivity index (χ0) is 14.0. The van der Waals surface area contributed by atoms with Crippen LogP contribution in [0.15, 0.2) is 16.6 Å². The number of phenols is 1. The second-order valence-electron chi connectivity index (χ2n) is 5.58. The van der Waals surface area contributed by atoms with E-state index in [1.807, 2.05) is 12.1 Å². The van der Waals surface area contributed by atoms with Crippen molar-refractivity contribution in [2.45, 2.75) is 39.3 Å². The summed E-state index contributed by atoms with van der Waals surface area (Å²) in [5.74, 6) is 1.53. The van der Waals surface area contributed by atoms with Crippen molar-refractivity contribution in [1.82, 2.24) is 4.90 Å². The van der Waals surface area contributed by atoms with Crippen molar-refractivity contribution < 1.29 is 9.84 Å². The van der Waals surface area contributed by atoms with E-state index in [-0.39, 0.29) is 5.75 Å². The molecule has 1 saturated heterocycles. The van der Waals surface area contributed by atoms with Gasteiger partial charge in [0.2, 0.25) is 0 Å². The Morgan fingerprint density at radius 2 is 2.16 bits per heavy atom. The minimum Gasteiger partial charge on any atom is -0.503 e. The lowest BCUT2D eigenvalue weighted by Gasteiger charge is -2.36. The van der Waals surface area contributed by atoms with E-state index in [1.54, 1.807) is 7.11 Å². The van der Waals surface area contributed by atoms with Gasteiger partial charge >= 0.3 is 0 Å². The standard InChI is InChI=1S/C15H22BrNO2/c1-10-4-5-17(11(2)6-10)9-12-7-13(16)15(18)14(8-12)19-3/h7-8,10-11,18H,4-6,9H2,1-3H3. The van der Waals surface area contributed by atoms with Crippen LogP contribution in [0.2, 0.25) is 0 Å². The molecular weight excluding hydrogens is 306 g/mol. The third-order valence-electron chi connectivity index (χ3n) is 3.97. The van der Waals surface area contributed by atoms with Crippen molar-refractivity contribution in [2.24, 2.45) is 5.92 Å². The van der Waals surface area contributed by atoms with Crippen LogP contribution in [0.3, 0.4) is 0 Å². The third-order valence-corrected chi connectivity index (χ3v) is 4.57. The number of nitrogens with zero attached hydrogens (tertiary/aromatic N) is 1. The molecule has 1 heterocycles. The van der Waals surface area contributed by atoms with Gasteiger partial charge in [-0.25, -0.2) is 0 Å². The van der Waals surface area contributed by atoms with Gasteiger partial charge in [0.25, 0.3) is 0 Å². The maximum absolute atomic E-state index is 9.83. The number of phenolic OH excluding ortho intramolecular Hbond substituents is 1. The van der Waals surface area contributed by atoms with Gasteiger partial charge in [-0.1, -0.05) is 6.92 Å². The molecule has 0 spiro atoms. The van der Waals surface area contributed by atoms with Gasteiger partial charge in [0, 0.05) is 12.6 Å². The van der Waals surface area contributed by atoms with Crippen LogP contribution in [0.25, 0.3) is 0 Å². The van der Waals surface area contributed by atoms with Gasteiger partial charge in [-0.2, -0.15) is 0 Å². The Labute approximate surface area is 123 Å². The summed E-state index contributed by atoms with van der Waals surface area (Å²) in [6.07, 6.45) is 2.52. The number of halogens is 1. The van der Waals surface area contributed by atoms with E-state index >= 15 is 0 Å². The minimum atomic E-state index is 0.173. The van der Waals surface area contributed by atoms with Crippen LogP contribution in [-0.2, 0) is 6.54 Å². The highest BCUT2D eigenvalue weighted by Gasteiger charge is 2.23. The number of likely N-dealkylation sites (tertiary alicyclic amines) is 1. The molecule has 0 bridgehead atoms. The van der Waals surface area contributed by atoms with E-state index < -0.39 is 0 Å². The third kappa shape index (κ3) is 3.42. The zero-order valence-corrected chi connectivity index (χ0v) is 13.4. The van der Waals surface area contributed by atoms with Crippen LogP contribution in [0, 0.1) is 5.92 Å². The van der Waals surface area contributed by atoms with Crippen LogP contribution >= 0.6 is 15.9 Å². The molecule has 1 aromatic carbocycles. The first-order chi connectivity index (χ1) is 9.01. The Bertz CT molecular complexity index is 450. The van der Waals surface area contributed by atoms with Crippen molar-refractivity contribution in [3.8, 4) is 11.5 Å². The van der Waals surface area contributed by atoms with Crippen LogP contribution < -0.4 is 4.74 Å². The molecule has 106 valence electrons. The van der Waals surface area contributed by atoms with Gasteiger partial charge in [-0.15, -0.1) is 0 Å². The average Bonchev–Trinajstić information content (AvgIpc) is 2.37. The fourth-order valence-corrected chi connectivity index (χ4v) is 3.29. The Kier molecular flexibility index (Phi) is 4.74. The number of aromatic hydroxyl groups is 1. The first-order valence-corrected chi connectivity index (χ1v) is 7.60. The molecule has 4 heteroatoms. The summed E-state index contributed by atoms with van der Waals surface area (Å²) in [6, 6.07) is 4.51. The number of ether oxygens (including phenoxy) is 1. The number of methoxy groups -OCH3 is 1. The molecule has 0 aromatic heterocycles. The Morgan fingerprint density at radius 1 is 1.42 bits per heavy atom. The second kappa shape index (κ2) is 6.14. The summed E-state index contributed by atoms with van der Waals surface area (Å²) in [5.41, 5.74) is 1.17. The van der Waals surface area contributed by atoms with Gasteiger partial charge in [0.05, 0.1) is 11.6 Å². The van der Waals surface area contributed by atoms with Crippen molar-refractivity contribution in [3.05, 3.63) is 22.2 Å². The van der Waals surface area contributed by atoms with E-state index in [1.165, 1.54) is 18.4 Å². The maximum atomic E-state index is 9.83. The van der Waals surface area contributed by atoms with Gasteiger partial charge in [0.15, 0.2) is 11.5 Å². The van der Waals surface area contributed by atoms with Gasteiger partial charge < -0.3 is 9.84 Å². The highest BCUT2D eigenvalue weighted by molar-refractivity contribution is 9.10. The van der Waals surface area contributed by atoms with Crippen molar-refractivity contribution in [1.29, 1.82) is 0 Å². The summed E-state index contributed by atoms with van der Waals surface area (Å²) in [6.45, 7) is 6.67. The summed E-state index contributed by atoms with van der Waals surface area (Å²) in [5, 5.41) is 9.83. The quantitative estimate of drug-likeness (QED) is 0.916. The summed E-state index contributed by atoms with van der Waals surface area (Å²) in [7, 11) is 1.58. The summed E-state index contributed by atoms with van der Waals surface area (Å²) in [4.78, 5) is 2.50. The first kappa shape index (κ1) is 14.7. The average molecular weight is 328 g/mol. The van der Waals surface area contributed by atoms with Gasteiger partial charge in [-0.05, 0) is 65.9 Å². The molecule has 1 fully saturated rings. The van der Waals surface area contributed by atoms with E-state index in [0.29, 0.717) is 16.3 Å². The Morgan fingerprint density at radius 3 is 2.79 bits per heavy atom. The molecule has 2 rings (SSSR count). The highest BCUT2D eigenvalue weighted by Crippen LogP contribution is 2.36. The van der Waals surface area contributed by atoms with Crippen molar-refractivity contribution in [3.63, 3.8) is 0 Å². The molecule has 2 unspecified atom stereocenters. The van der Waals surface area contributed by atoms with E-state index in [9.17, 15) is 5.11 Å². The number of piperidine rings is 1. The summed E-state index contributed by atoms with van der Waals surface area (Å²) < 4.78 is 5.90. The molecule has 1 aliphatic rings. The SMILES string of the molecule is COc1cc(CN2CCC(C)CC2C)cc(Br)c1O. The molecule has 1 aromatic rings. The molecule has 1 N–H and O–H groups in total. The predicted octanol–water partition coefficient (Wildman–Crippen LogP) is 3.78. The number of rotatable bonds is 3. The predicted molar refractivity (Wildman–Crippen MR) is 80.6 cm³/mol. The molecule has 1 aliphatic heterocycles. The number of hydrogen-bond acceptors (Lipinski definition) is 3. The fourth-order valence-electron chi connectivity index (χ4n) is 2.80. The van der Waals surface area contributed by atoms with Crippen LogP contribution in [0.4, 0.5) is 0 Å². The lowest BCUT2D eigenvalue weighted by atomic mass is 9.93. The van der Waals surface area contributed by atoms with Gasteiger partial charge in [0.1, 0.15) is 0 Å². The van der Waals surface area contributed by atoms with E-state index in [2.05, 4.69) is 34.7 Å². The molecule has 19 heavy (non-hydrogen) atoms. The fraction of sp³-hybridized carbons (Fsp3) is 0.600. The van der Waals surface area contributed by atoms with E-state index in [0.717, 1.165) is 19.0 Å².